The highest BCUT2D eigenvalue weighted by atomic mass is 16.6. The zero-order chi connectivity index (χ0) is 25.9. The predicted octanol–water partition coefficient (Wildman–Crippen LogP) is 0.927. The summed E-state index contributed by atoms with van der Waals surface area (Å²) in [7, 11) is -0.221. The van der Waals surface area contributed by atoms with Gasteiger partial charge in [-0.2, -0.15) is 0 Å². The minimum absolute atomic E-state index is 0.157. The number of aliphatic hydroxyl groups is 1. The molecule has 190 valence electrons. The minimum Gasteiger partial charge on any atom is -0.507 e. The first-order valence-corrected chi connectivity index (χ1v) is 12.1. The molecule has 4 N–H and O–H groups in total. The summed E-state index contributed by atoms with van der Waals surface area (Å²) in [6.45, 7) is 3.74. The van der Waals surface area contributed by atoms with Crippen LogP contribution in [0.3, 0.4) is 0 Å². The number of amides is 2. The second-order valence-electron chi connectivity index (χ2n) is 10.2. The topological polar surface area (TPSA) is 137 Å². The number of phenols is 1. The lowest BCUT2D eigenvalue weighted by Gasteiger charge is -2.44. The fraction of sp³-hybridized carbons (Fsp3) is 0.462. The first-order valence-electron chi connectivity index (χ1n) is 12.1. The number of ether oxygens (including phenoxy) is 2. The fourth-order valence-electron chi connectivity index (χ4n) is 6.34. The molecule has 0 aromatic heterocycles. The Labute approximate surface area is 209 Å². The third kappa shape index (κ3) is 3.75. The number of phenolic OH excluding ortho intramolecular Hbond substituents is 1. The molecule has 2 aliphatic heterocycles. The van der Waals surface area contributed by atoms with Crippen LogP contribution in [0.25, 0.3) is 0 Å². The van der Waals surface area contributed by atoms with E-state index in [1.165, 1.54) is 19.2 Å². The molecule has 9 nitrogen and oxygen atoms in total. The Kier molecular flexibility index (Phi) is 6.21. The van der Waals surface area contributed by atoms with Crippen LogP contribution < -0.4 is 10.4 Å². The van der Waals surface area contributed by atoms with Crippen LogP contribution >= 0.6 is 0 Å². The van der Waals surface area contributed by atoms with Crippen molar-refractivity contribution in [1.82, 2.24) is 0 Å². The second-order valence-corrected chi connectivity index (χ2v) is 10.2. The van der Waals surface area contributed by atoms with Gasteiger partial charge in [0.25, 0.3) is 0 Å². The molecule has 1 aliphatic carbocycles. The van der Waals surface area contributed by atoms with Gasteiger partial charge in [0.2, 0.25) is 11.8 Å². The summed E-state index contributed by atoms with van der Waals surface area (Å²) in [4.78, 5) is 28.4. The van der Waals surface area contributed by atoms with Gasteiger partial charge in [-0.3, -0.25) is 14.5 Å². The van der Waals surface area contributed by atoms with Crippen LogP contribution in [0.15, 0.2) is 36.4 Å². The molecule has 2 aromatic rings. The van der Waals surface area contributed by atoms with Crippen LogP contribution in [0.5, 0.6) is 5.75 Å². The van der Waals surface area contributed by atoms with Crippen molar-refractivity contribution in [3.63, 3.8) is 0 Å². The zero-order valence-corrected chi connectivity index (χ0v) is 20.4. The lowest BCUT2D eigenvalue weighted by Crippen LogP contribution is -2.54. The number of nitrogens with zero attached hydrogens (tertiary/aromatic N) is 1. The molecule has 2 amide bonds. The van der Waals surface area contributed by atoms with E-state index in [1.54, 1.807) is 26.0 Å². The maximum atomic E-state index is 13.7. The Hall–Kier alpha value is -2.76. The van der Waals surface area contributed by atoms with Crippen LogP contribution in [0.2, 0.25) is 0 Å². The number of fused-ring (bicyclic) bond motifs is 3. The van der Waals surface area contributed by atoms with E-state index < -0.39 is 48.6 Å². The monoisotopic (exact) mass is 495 g/mol. The van der Waals surface area contributed by atoms with Gasteiger partial charge in [-0.15, -0.1) is 0 Å². The van der Waals surface area contributed by atoms with E-state index in [9.17, 15) is 29.9 Å². The van der Waals surface area contributed by atoms with Crippen LogP contribution in [0.4, 0.5) is 5.69 Å². The van der Waals surface area contributed by atoms with E-state index >= 15 is 0 Å². The van der Waals surface area contributed by atoms with Crippen LogP contribution in [-0.4, -0.2) is 58.7 Å². The molecule has 2 heterocycles. The zero-order valence-electron chi connectivity index (χ0n) is 20.4. The molecule has 3 fully saturated rings. The highest BCUT2D eigenvalue weighted by Crippen LogP contribution is 2.58. The molecule has 0 spiro atoms. The van der Waals surface area contributed by atoms with E-state index in [-0.39, 0.29) is 35.8 Å². The minimum atomic E-state index is -1.74. The molecule has 36 heavy (non-hydrogen) atoms. The number of aromatic hydroxyl groups is 1. The summed E-state index contributed by atoms with van der Waals surface area (Å²) in [5.41, 5.74) is 2.59. The molecule has 6 atom stereocenters. The van der Waals surface area contributed by atoms with Gasteiger partial charge in [0.15, 0.2) is 5.79 Å². The van der Waals surface area contributed by atoms with Gasteiger partial charge < -0.3 is 29.7 Å². The highest BCUT2D eigenvalue weighted by Gasteiger charge is 2.67. The highest BCUT2D eigenvalue weighted by molar-refractivity contribution is 6.58. The predicted molar refractivity (Wildman–Crippen MR) is 130 cm³/mol. The van der Waals surface area contributed by atoms with E-state index in [1.807, 2.05) is 12.1 Å². The molecule has 0 unspecified atom stereocenters. The molecule has 0 bridgehead atoms. The summed E-state index contributed by atoms with van der Waals surface area (Å²) in [6.07, 6.45) is 0.0138. The van der Waals surface area contributed by atoms with Crippen molar-refractivity contribution in [1.29, 1.82) is 0 Å². The number of imide groups is 1. The number of hydrogen-bond donors (Lipinski definition) is 4. The van der Waals surface area contributed by atoms with Crippen molar-refractivity contribution in [2.24, 2.45) is 23.7 Å². The SMILES string of the molecule is COC[C@H]1C[C@@H]2C(=O)N(c3cccc(B(O)O)c3)C(=O)[C@@H]2[C@@H]2C[C@@H](c3cc(C)c(O)c(C)c3)O[C@]12O. The van der Waals surface area contributed by atoms with E-state index in [2.05, 4.69) is 0 Å². The fourth-order valence-corrected chi connectivity index (χ4v) is 6.34. The molecule has 0 radical (unpaired) electrons. The molecule has 2 aromatic carbocycles. The van der Waals surface area contributed by atoms with Crippen LogP contribution in [-0.2, 0) is 19.1 Å². The van der Waals surface area contributed by atoms with Crippen LogP contribution in [0, 0.1) is 37.5 Å². The molecule has 5 rings (SSSR count). The smallest absolute Gasteiger partial charge is 0.488 e. The standard InChI is InChI=1S/C26H30BNO8/c1-13-7-15(8-14(2)23(13)29)21-11-20-22-19(9-16(12-35-3)26(20,32)36-21)24(30)28(25(22)31)18-6-4-5-17(10-18)27(33)34/h4-8,10,16,19-22,29,32-34H,9,11-12H2,1-3H3/t16-,19+,20+,21+,22+,26-/m1/s1. The Morgan fingerprint density at radius 3 is 2.44 bits per heavy atom. The molecule has 10 heteroatoms. The van der Waals surface area contributed by atoms with Gasteiger partial charge in [-0.1, -0.05) is 12.1 Å². The van der Waals surface area contributed by atoms with Crippen molar-refractivity contribution in [3.05, 3.63) is 53.1 Å². The van der Waals surface area contributed by atoms with Crippen LogP contribution in [0.1, 0.15) is 35.6 Å². The first kappa shape index (κ1) is 24.9. The Morgan fingerprint density at radius 1 is 1.11 bits per heavy atom. The van der Waals surface area contributed by atoms with Gasteiger partial charge in [0.05, 0.1) is 30.2 Å². The lowest BCUT2D eigenvalue weighted by molar-refractivity contribution is -0.275. The normalized spacial score (nSPS) is 31.5. The molecular formula is C26H30BNO8. The molecule has 2 saturated heterocycles. The van der Waals surface area contributed by atoms with Gasteiger partial charge in [0.1, 0.15) is 5.75 Å². The number of carbonyl (C=O) groups excluding carboxylic acids is 2. The third-order valence-electron chi connectivity index (χ3n) is 8.04. The summed E-state index contributed by atoms with van der Waals surface area (Å²) in [6, 6.07) is 9.67. The number of aryl methyl sites for hydroxylation is 2. The van der Waals surface area contributed by atoms with Crippen molar-refractivity contribution in [2.45, 2.75) is 38.6 Å². The Balaban J connectivity index is 1.53. The number of methoxy groups -OCH3 is 1. The van der Waals surface area contributed by atoms with E-state index in [0.29, 0.717) is 17.5 Å². The number of rotatable bonds is 5. The Bertz CT molecular complexity index is 1200. The number of hydrogen-bond acceptors (Lipinski definition) is 8. The average molecular weight is 495 g/mol. The van der Waals surface area contributed by atoms with Gasteiger partial charge in [0, 0.05) is 18.9 Å². The average Bonchev–Trinajstić information content (AvgIpc) is 3.32. The maximum Gasteiger partial charge on any atom is 0.488 e. The Morgan fingerprint density at radius 2 is 1.81 bits per heavy atom. The summed E-state index contributed by atoms with van der Waals surface area (Å²) in [5, 5.41) is 41.2. The third-order valence-corrected chi connectivity index (χ3v) is 8.04. The number of anilines is 1. The molecular weight excluding hydrogens is 465 g/mol. The molecule has 3 aliphatic rings. The number of benzene rings is 2. The lowest BCUT2D eigenvalue weighted by atomic mass is 9.64. The maximum absolute atomic E-state index is 13.7. The largest absolute Gasteiger partial charge is 0.507 e. The number of carbonyl (C=O) groups is 2. The van der Waals surface area contributed by atoms with E-state index in [0.717, 1.165) is 10.5 Å². The summed E-state index contributed by atoms with van der Waals surface area (Å²) < 4.78 is 11.7. The summed E-state index contributed by atoms with van der Waals surface area (Å²) >= 11 is 0. The van der Waals surface area contributed by atoms with Crippen molar-refractivity contribution in [3.8, 4) is 5.75 Å². The van der Waals surface area contributed by atoms with Gasteiger partial charge >= 0.3 is 7.12 Å². The molecule has 1 saturated carbocycles. The second kappa shape index (κ2) is 8.97. The quantitative estimate of drug-likeness (QED) is 0.355. The first-order chi connectivity index (χ1) is 17.1. The summed E-state index contributed by atoms with van der Waals surface area (Å²) in [5.74, 6) is -4.90. The van der Waals surface area contributed by atoms with Gasteiger partial charge in [-0.25, -0.2) is 0 Å². The van der Waals surface area contributed by atoms with Crippen molar-refractivity contribution < 1.29 is 39.3 Å². The van der Waals surface area contributed by atoms with Gasteiger partial charge in [-0.05, 0) is 73.1 Å². The van der Waals surface area contributed by atoms with Crippen molar-refractivity contribution in [2.75, 3.05) is 18.6 Å². The van der Waals surface area contributed by atoms with E-state index in [4.69, 9.17) is 9.47 Å². The van der Waals surface area contributed by atoms with Crippen molar-refractivity contribution >= 4 is 30.1 Å².